The lowest BCUT2D eigenvalue weighted by Crippen LogP contribution is -2.22. The third-order valence-corrected chi connectivity index (χ3v) is 4.84. The molecule has 21 heavy (non-hydrogen) atoms. The molecule has 0 saturated carbocycles. The molecule has 106 valence electrons. The van der Waals surface area contributed by atoms with Crippen LogP contribution in [0, 0.1) is 17.2 Å². The second-order valence-corrected chi connectivity index (χ2v) is 6.16. The lowest BCUT2D eigenvalue weighted by atomic mass is 10.2. The summed E-state index contributed by atoms with van der Waals surface area (Å²) in [6.45, 7) is 1.90. The SMILES string of the molecule is N#Cc1nccnc1N1CC[C@H](CSc2ccccc2)C1. The van der Waals surface area contributed by atoms with Gasteiger partial charge in [-0.25, -0.2) is 9.97 Å². The first-order valence-electron chi connectivity index (χ1n) is 7.00. The van der Waals surface area contributed by atoms with Crippen LogP contribution in [0.5, 0.6) is 0 Å². The van der Waals surface area contributed by atoms with Gasteiger partial charge in [-0.05, 0) is 24.5 Å². The molecule has 0 unspecified atom stereocenters. The van der Waals surface area contributed by atoms with E-state index in [-0.39, 0.29) is 0 Å². The lowest BCUT2D eigenvalue weighted by molar-refractivity contribution is 0.670. The Kier molecular flexibility index (Phi) is 4.37. The lowest BCUT2D eigenvalue weighted by Gasteiger charge is -2.17. The van der Waals surface area contributed by atoms with Crippen LogP contribution < -0.4 is 4.90 Å². The molecule has 2 aromatic rings. The van der Waals surface area contributed by atoms with E-state index in [1.807, 2.05) is 17.8 Å². The monoisotopic (exact) mass is 296 g/mol. The summed E-state index contributed by atoms with van der Waals surface area (Å²) >= 11 is 1.90. The number of nitrogens with zero attached hydrogens (tertiary/aromatic N) is 4. The van der Waals surface area contributed by atoms with E-state index in [0.717, 1.165) is 31.1 Å². The van der Waals surface area contributed by atoms with Gasteiger partial charge in [0.2, 0.25) is 0 Å². The molecule has 0 aliphatic carbocycles. The van der Waals surface area contributed by atoms with Crippen LogP contribution in [0.25, 0.3) is 0 Å². The summed E-state index contributed by atoms with van der Waals surface area (Å²) in [6, 6.07) is 12.6. The maximum atomic E-state index is 9.11. The zero-order chi connectivity index (χ0) is 14.5. The zero-order valence-electron chi connectivity index (χ0n) is 11.6. The van der Waals surface area contributed by atoms with Gasteiger partial charge < -0.3 is 4.90 Å². The van der Waals surface area contributed by atoms with Crippen molar-refractivity contribution in [2.75, 3.05) is 23.7 Å². The molecule has 0 N–H and O–H groups in total. The van der Waals surface area contributed by atoms with Gasteiger partial charge in [-0.15, -0.1) is 11.8 Å². The second kappa shape index (κ2) is 6.59. The van der Waals surface area contributed by atoms with Gasteiger partial charge in [0.05, 0.1) is 0 Å². The molecule has 1 aliphatic heterocycles. The molecule has 5 heteroatoms. The van der Waals surface area contributed by atoms with Crippen molar-refractivity contribution in [3.8, 4) is 6.07 Å². The van der Waals surface area contributed by atoms with E-state index in [1.165, 1.54) is 4.90 Å². The van der Waals surface area contributed by atoms with Gasteiger partial charge in [-0.3, -0.25) is 0 Å². The van der Waals surface area contributed by atoms with Crippen molar-refractivity contribution in [3.63, 3.8) is 0 Å². The molecular weight excluding hydrogens is 280 g/mol. The number of aromatic nitrogens is 2. The number of nitriles is 1. The normalized spacial score (nSPS) is 17.7. The Morgan fingerprint density at radius 2 is 2.05 bits per heavy atom. The molecule has 1 aromatic heterocycles. The topological polar surface area (TPSA) is 52.8 Å². The highest BCUT2D eigenvalue weighted by Gasteiger charge is 2.25. The first-order valence-corrected chi connectivity index (χ1v) is 7.99. The average Bonchev–Trinajstić information content (AvgIpc) is 3.02. The molecular formula is C16H16N4S. The maximum absolute atomic E-state index is 9.11. The molecule has 1 fully saturated rings. The van der Waals surface area contributed by atoms with Crippen LogP contribution in [0.15, 0.2) is 47.6 Å². The van der Waals surface area contributed by atoms with Gasteiger partial charge in [-0.2, -0.15) is 5.26 Å². The van der Waals surface area contributed by atoms with Crippen molar-refractivity contribution in [2.24, 2.45) is 5.92 Å². The fourth-order valence-corrected chi connectivity index (χ4v) is 3.58. The van der Waals surface area contributed by atoms with Crippen LogP contribution in [0.4, 0.5) is 5.82 Å². The number of anilines is 1. The van der Waals surface area contributed by atoms with E-state index >= 15 is 0 Å². The van der Waals surface area contributed by atoms with Crippen molar-refractivity contribution in [1.82, 2.24) is 9.97 Å². The summed E-state index contributed by atoms with van der Waals surface area (Å²) in [5.41, 5.74) is 0.425. The predicted octanol–water partition coefficient (Wildman–Crippen LogP) is 2.97. The summed E-state index contributed by atoms with van der Waals surface area (Å²) in [7, 11) is 0. The highest BCUT2D eigenvalue weighted by Crippen LogP contribution is 2.28. The fourth-order valence-electron chi connectivity index (χ4n) is 2.53. The van der Waals surface area contributed by atoms with Crippen molar-refractivity contribution >= 4 is 17.6 Å². The molecule has 0 bridgehead atoms. The Bertz CT molecular complexity index is 638. The Morgan fingerprint density at radius 3 is 2.86 bits per heavy atom. The van der Waals surface area contributed by atoms with Crippen LogP contribution in [-0.4, -0.2) is 28.8 Å². The zero-order valence-corrected chi connectivity index (χ0v) is 12.5. The molecule has 1 aromatic carbocycles. The molecule has 1 aliphatic rings. The van der Waals surface area contributed by atoms with E-state index in [9.17, 15) is 0 Å². The molecule has 0 amide bonds. The van der Waals surface area contributed by atoms with Crippen molar-refractivity contribution in [2.45, 2.75) is 11.3 Å². The van der Waals surface area contributed by atoms with E-state index in [0.29, 0.717) is 11.6 Å². The third kappa shape index (κ3) is 3.34. The van der Waals surface area contributed by atoms with Crippen LogP contribution >= 0.6 is 11.8 Å². The predicted molar refractivity (Wildman–Crippen MR) is 84.2 cm³/mol. The number of rotatable bonds is 4. The summed E-state index contributed by atoms with van der Waals surface area (Å²) < 4.78 is 0. The van der Waals surface area contributed by atoms with Crippen LogP contribution in [0.1, 0.15) is 12.1 Å². The van der Waals surface area contributed by atoms with Crippen LogP contribution in [0.3, 0.4) is 0 Å². The minimum Gasteiger partial charge on any atom is -0.354 e. The number of hydrogen-bond acceptors (Lipinski definition) is 5. The quantitative estimate of drug-likeness (QED) is 0.812. The minimum atomic E-state index is 0.425. The van der Waals surface area contributed by atoms with Gasteiger partial charge in [0, 0.05) is 36.1 Å². The number of thioether (sulfide) groups is 1. The summed E-state index contributed by atoms with van der Waals surface area (Å²) in [4.78, 5) is 11.9. The van der Waals surface area contributed by atoms with Crippen LogP contribution in [0.2, 0.25) is 0 Å². The highest BCUT2D eigenvalue weighted by molar-refractivity contribution is 7.99. The van der Waals surface area contributed by atoms with Crippen molar-refractivity contribution in [1.29, 1.82) is 5.26 Å². The van der Waals surface area contributed by atoms with Gasteiger partial charge in [0.1, 0.15) is 6.07 Å². The Morgan fingerprint density at radius 1 is 1.24 bits per heavy atom. The summed E-state index contributed by atoms with van der Waals surface area (Å²) in [5, 5.41) is 9.11. The first-order chi connectivity index (χ1) is 10.4. The third-order valence-electron chi connectivity index (χ3n) is 3.60. The van der Waals surface area contributed by atoms with Gasteiger partial charge in [0.25, 0.3) is 0 Å². The van der Waals surface area contributed by atoms with Gasteiger partial charge in [0.15, 0.2) is 11.5 Å². The first kappa shape index (κ1) is 13.9. The largest absolute Gasteiger partial charge is 0.354 e. The molecule has 2 heterocycles. The molecule has 0 radical (unpaired) electrons. The van der Waals surface area contributed by atoms with E-state index < -0.39 is 0 Å². The highest BCUT2D eigenvalue weighted by atomic mass is 32.2. The van der Waals surface area contributed by atoms with Crippen molar-refractivity contribution in [3.05, 3.63) is 48.4 Å². The second-order valence-electron chi connectivity index (χ2n) is 5.07. The van der Waals surface area contributed by atoms with Crippen LogP contribution in [-0.2, 0) is 0 Å². The van der Waals surface area contributed by atoms with Crippen molar-refractivity contribution < 1.29 is 0 Å². The van der Waals surface area contributed by atoms with E-state index in [1.54, 1.807) is 12.4 Å². The average molecular weight is 296 g/mol. The molecule has 3 rings (SSSR count). The maximum Gasteiger partial charge on any atom is 0.183 e. The molecule has 1 atom stereocenters. The number of hydrogen-bond donors (Lipinski definition) is 0. The minimum absolute atomic E-state index is 0.425. The fraction of sp³-hybridized carbons (Fsp3) is 0.312. The Balaban J connectivity index is 1.60. The van der Waals surface area contributed by atoms with E-state index in [2.05, 4.69) is 45.2 Å². The summed E-state index contributed by atoms with van der Waals surface area (Å²) in [6.07, 6.45) is 4.37. The van der Waals surface area contributed by atoms with Gasteiger partial charge in [-0.1, -0.05) is 18.2 Å². The summed E-state index contributed by atoms with van der Waals surface area (Å²) in [5.74, 6) is 2.46. The van der Waals surface area contributed by atoms with E-state index in [4.69, 9.17) is 5.26 Å². The van der Waals surface area contributed by atoms with Gasteiger partial charge >= 0.3 is 0 Å². The number of benzene rings is 1. The Labute approximate surface area is 128 Å². The molecule has 1 saturated heterocycles. The molecule has 4 nitrogen and oxygen atoms in total. The Hall–Kier alpha value is -2.06. The smallest absolute Gasteiger partial charge is 0.183 e. The standard InChI is InChI=1S/C16H16N4S/c17-10-15-16(19-8-7-18-15)20-9-6-13(11-20)12-21-14-4-2-1-3-5-14/h1-5,7-8,13H,6,9,11-12H2/t13-/m0/s1. The molecule has 0 spiro atoms.